The first-order valence-electron chi connectivity index (χ1n) is 7.81. The molecule has 0 radical (unpaired) electrons. The van der Waals surface area contributed by atoms with Gasteiger partial charge in [-0.3, -0.25) is 14.5 Å². The molecule has 0 spiro atoms. The van der Waals surface area contributed by atoms with Crippen molar-refractivity contribution in [3.05, 3.63) is 29.3 Å². The third-order valence-corrected chi connectivity index (χ3v) is 5.42. The van der Waals surface area contributed by atoms with E-state index in [0.717, 1.165) is 23.2 Å². The van der Waals surface area contributed by atoms with E-state index in [4.69, 9.17) is 12.2 Å². The molecule has 1 aromatic carbocycles. The first-order valence-corrected chi connectivity index (χ1v) is 9.09. The van der Waals surface area contributed by atoms with Gasteiger partial charge in [-0.25, -0.2) is 0 Å². The average molecular weight is 351 g/mol. The molecular formula is C17H22N2O2S2. The summed E-state index contributed by atoms with van der Waals surface area (Å²) in [6.45, 7) is 6.51. The van der Waals surface area contributed by atoms with Crippen LogP contribution >= 0.6 is 24.0 Å². The van der Waals surface area contributed by atoms with Gasteiger partial charge < -0.3 is 5.32 Å². The Hall–Kier alpha value is -1.40. The predicted molar refractivity (Wildman–Crippen MR) is 99.8 cm³/mol. The van der Waals surface area contributed by atoms with Crippen molar-refractivity contribution in [2.45, 2.75) is 45.3 Å². The van der Waals surface area contributed by atoms with Gasteiger partial charge in [-0.05, 0) is 49.9 Å². The Morgan fingerprint density at radius 3 is 2.52 bits per heavy atom. The van der Waals surface area contributed by atoms with Crippen molar-refractivity contribution in [3.63, 3.8) is 0 Å². The van der Waals surface area contributed by atoms with Crippen LogP contribution in [0.4, 0.5) is 5.69 Å². The van der Waals surface area contributed by atoms with E-state index in [1.807, 2.05) is 32.9 Å². The van der Waals surface area contributed by atoms with Crippen molar-refractivity contribution in [1.82, 2.24) is 4.90 Å². The lowest BCUT2D eigenvalue weighted by Crippen LogP contribution is -2.32. The Kier molecular flexibility index (Phi) is 6.18. The molecule has 1 unspecified atom stereocenters. The van der Waals surface area contributed by atoms with Gasteiger partial charge in [0.15, 0.2) is 0 Å². The van der Waals surface area contributed by atoms with Crippen LogP contribution in [0.3, 0.4) is 0 Å². The Morgan fingerprint density at radius 2 is 1.96 bits per heavy atom. The van der Waals surface area contributed by atoms with Crippen LogP contribution < -0.4 is 5.32 Å². The molecule has 23 heavy (non-hydrogen) atoms. The molecule has 0 aromatic heterocycles. The number of thioether (sulfide) groups is 1. The van der Waals surface area contributed by atoms with Crippen molar-refractivity contribution < 1.29 is 9.59 Å². The van der Waals surface area contributed by atoms with Crippen molar-refractivity contribution in [2.24, 2.45) is 0 Å². The van der Waals surface area contributed by atoms with Crippen LogP contribution in [0.1, 0.15) is 37.3 Å². The number of rotatable bonds is 6. The van der Waals surface area contributed by atoms with Crippen molar-refractivity contribution in [1.29, 1.82) is 0 Å². The fourth-order valence-electron chi connectivity index (χ4n) is 2.63. The molecule has 1 N–H and O–H groups in total. The smallest absolute Gasteiger partial charge is 0.241 e. The van der Waals surface area contributed by atoms with Gasteiger partial charge in [0.05, 0.1) is 5.25 Å². The lowest BCUT2D eigenvalue weighted by molar-refractivity contribution is -0.126. The van der Waals surface area contributed by atoms with Gasteiger partial charge in [-0.15, -0.1) is 0 Å². The molecular weight excluding hydrogens is 328 g/mol. The highest BCUT2D eigenvalue weighted by molar-refractivity contribution is 8.24. The number of carbonyl (C=O) groups is 2. The van der Waals surface area contributed by atoms with Gasteiger partial charge in [0.2, 0.25) is 11.8 Å². The summed E-state index contributed by atoms with van der Waals surface area (Å²) in [5, 5.41) is 2.86. The Morgan fingerprint density at radius 1 is 1.30 bits per heavy atom. The molecule has 1 saturated heterocycles. The number of aryl methyl sites for hydroxylation is 2. The predicted octanol–water partition coefficient (Wildman–Crippen LogP) is 3.66. The van der Waals surface area contributed by atoms with Crippen LogP contribution in [0.2, 0.25) is 0 Å². The maximum Gasteiger partial charge on any atom is 0.241 e. The monoisotopic (exact) mass is 350 g/mol. The van der Waals surface area contributed by atoms with E-state index in [0.29, 0.717) is 23.7 Å². The highest BCUT2D eigenvalue weighted by Gasteiger charge is 2.35. The van der Waals surface area contributed by atoms with Crippen molar-refractivity contribution in [3.8, 4) is 0 Å². The van der Waals surface area contributed by atoms with E-state index in [9.17, 15) is 9.59 Å². The summed E-state index contributed by atoms with van der Waals surface area (Å²) in [6, 6.07) is 5.97. The number of amides is 2. The molecule has 1 fully saturated rings. The maximum absolute atomic E-state index is 12.1. The minimum atomic E-state index is -0.0494. The largest absolute Gasteiger partial charge is 0.326 e. The molecule has 1 aromatic rings. The second-order valence-corrected chi connectivity index (χ2v) is 7.64. The van der Waals surface area contributed by atoms with Gasteiger partial charge in [-0.1, -0.05) is 37.0 Å². The third kappa shape index (κ3) is 4.78. The fraction of sp³-hybridized carbons (Fsp3) is 0.471. The molecule has 1 aliphatic rings. The minimum Gasteiger partial charge on any atom is -0.326 e. The van der Waals surface area contributed by atoms with Crippen LogP contribution in [0, 0.1) is 13.8 Å². The number of benzene rings is 1. The zero-order valence-corrected chi connectivity index (χ0v) is 15.4. The maximum atomic E-state index is 12.1. The fourth-order valence-corrected chi connectivity index (χ4v) is 4.10. The first-order chi connectivity index (χ1) is 10.9. The summed E-state index contributed by atoms with van der Waals surface area (Å²) >= 11 is 6.69. The number of nitrogens with zero attached hydrogens (tertiary/aromatic N) is 1. The molecule has 6 heteroatoms. The molecule has 2 rings (SSSR count). The number of carbonyl (C=O) groups excluding carboxylic acids is 2. The Bertz CT molecular complexity index is 611. The second-order valence-electron chi connectivity index (χ2n) is 5.80. The summed E-state index contributed by atoms with van der Waals surface area (Å²) < 4.78 is 0.636. The molecule has 2 amide bonds. The summed E-state index contributed by atoms with van der Waals surface area (Å²) in [5.41, 5.74) is 3.06. The van der Waals surface area contributed by atoms with Crippen LogP contribution in [0.25, 0.3) is 0 Å². The molecule has 1 atom stereocenters. The summed E-state index contributed by atoms with van der Waals surface area (Å²) in [5.74, 6) is 0.0458. The topological polar surface area (TPSA) is 49.4 Å². The molecule has 1 heterocycles. The van der Waals surface area contributed by atoms with Gasteiger partial charge in [0.1, 0.15) is 4.32 Å². The number of nitrogens with one attached hydrogen (secondary N) is 1. The van der Waals surface area contributed by atoms with Crippen molar-refractivity contribution >= 4 is 45.8 Å². The Balaban J connectivity index is 1.81. The van der Waals surface area contributed by atoms with Crippen LogP contribution in [-0.4, -0.2) is 32.8 Å². The molecule has 0 saturated carbocycles. The van der Waals surface area contributed by atoms with Crippen LogP contribution in [0.5, 0.6) is 0 Å². The van der Waals surface area contributed by atoms with Gasteiger partial charge in [0.25, 0.3) is 0 Å². The number of hydrogen-bond donors (Lipinski definition) is 1. The van der Waals surface area contributed by atoms with Crippen molar-refractivity contribution in [2.75, 3.05) is 11.9 Å². The highest BCUT2D eigenvalue weighted by atomic mass is 32.2. The molecule has 0 aliphatic carbocycles. The molecule has 4 nitrogen and oxygen atoms in total. The Labute approximate surface area is 147 Å². The zero-order chi connectivity index (χ0) is 17.0. The number of thiocarbonyl (C=S) groups is 1. The SMILES string of the molecule is CCC1SC(=S)N(CCCC(=O)Nc2cc(C)cc(C)c2)C1=O. The quantitative estimate of drug-likeness (QED) is 0.796. The summed E-state index contributed by atoms with van der Waals surface area (Å²) in [4.78, 5) is 25.8. The van der Waals surface area contributed by atoms with E-state index < -0.39 is 0 Å². The molecule has 124 valence electrons. The number of anilines is 1. The van der Waals surface area contributed by atoms with E-state index in [1.54, 1.807) is 4.90 Å². The second kappa shape index (κ2) is 7.93. The van der Waals surface area contributed by atoms with Crippen LogP contribution in [-0.2, 0) is 9.59 Å². The van der Waals surface area contributed by atoms with E-state index in [2.05, 4.69) is 11.4 Å². The molecule has 0 bridgehead atoms. The zero-order valence-electron chi connectivity index (χ0n) is 13.7. The summed E-state index contributed by atoms with van der Waals surface area (Å²) in [6.07, 6.45) is 1.77. The lowest BCUT2D eigenvalue weighted by atomic mass is 10.1. The normalized spacial score (nSPS) is 17.7. The first kappa shape index (κ1) is 17.9. The number of hydrogen-bond acceptors (Lipinski definition) is 4. The minimum absolute atomic E-state index is 0.0349. The van der Waals surface area contributed by atoms with Gasteiger partial charge in [0, 0.05) is 18.7 Å². The van der Waals surface area contributed by atoms with Gasteiger partial charge >= 0.3 is 0 Å². The third-order valence-electron chi connectivity index (χ3n) is 3.67. The van der Waals surface area contributed by atoms with Gasteiger partial charge in [-0.2, -0.15) is 0 Å². The average Bonchev–Trinajstić information content (AvgIpc) is 2.73. The standard InChI is InChI=1S/C17H22N2O2S2/c1-4-14-16(21)19(17(22)23-14)7-5-6-15(20)18-13-9-11(2)8-12(3)10-13/h8-10,14H,4-7H2,1-3H3,(H,18,20). The van der Waals surface area contributed by atoms with E-state index in [-0.39, 0.29) is 17.1 Å². The highest BCUT2D eigenvalue weighted by Crippen LogP contribution is 2.29. The molecule has 1 aliphatic heterocycles. The van der Waals surface area contributed by atoms with E-state index in [1.165, 1.54) is 11.8 Å². The summed E-state index contributed by atoms with van der Waals surface area (Å²) in [7, 11) is 0. The lowest BCUT2D eigenvalue weighted by Gasteiger charge is -2.15. The van der Waals surface area contributed by atoms with E-state index >= 15 is 0 Å². The van der Waals surface area contributed by atoms with Crippen LogP contribution in [0.15, 0.2) is 18.2 Å².